The molecule has 0 aliphatic heterocycles. The van der Waals surface area contributed by atoms with Crippen molar-refractivity contribution >= 4 is 17.5 Å². The van der Waals surface area contributed by atoms with Crippen molar-refractivity contribution in [2.75, 3.05) is 13.3 Å². The van der Waals surface area contributed by atoms with Crippen LogP contribution in [0.4, 0.5) is 0 Å². The van der Waals surface area contributed by atoms with Crippen molar-refractivity contribution in [3.05, 3.63) is 29.8 Å². The van der Waals surface area contributed by atoms with Crippen molar-refractivity contribution in [2.24, 2.45) is 4.99 Å². The van der Waals surface area contributed by atoms with Crippen LogP contribution in [-0.4, -0.2) is 19.0 Å². The molecule has 0 atom stereocenters. The number of nitrogens with zero attached hydrogens (tertiary/aromatic N) is 1. The maximum absolute atomic E-state index is 4.15. The number of aryl methyl sites for hydroxylation is 1. The smallest absolute Gasteiger partial charge is 0.0276 e. The van der Waals surface area contributed by atoms with E-state index >= 15 is 0 Å². The van der Waals surface area contributed by atoms with E-state index in [1.165, 1.54) is 16.2 Å². The SMILES string of the molecule is CN=C(C)CCc1ccc(SC)cc1. The first-order chi connectivity index (χ1) is 6.76. The molecule has 0 saturated carbocycles. The Labute approximate surface area is 90.6 Å². The highest BCUT2D eigenvalue weighted by atomic mass is 32.2. The highest BCUT2D eigenvalue weighted by Gasteiger charge is 1.95. The first-order valence-corrected chi connectivity index (χ1v) is 6.04. The monoisotopic (exact) mass is 207 g/mol. The van der Waals surface area contributed by atoms with Gasteiger partial charge in [0, 0.05) is 17.7 Å². The Morgan fingerprint density at radius 3 is 2.43 bits per heavy atom. The number of hydrogen-bond donors (Lipinski definition) is 0. The minimum atomic E-state index is 1.06. The van der Waals surface area contributed by atoms with Crippen LogP contribution in [0.2, 0.25) is 0 Å². The lowest BCUT2D eigenvalue weighted by atomic mass is 10.1. The standard InChI is InChI=1S/C12H17NS/c1-10(13-2)4-5-11-6-8-12(14-3)9-7-11/h6-9H,4-5H2,1-3H3. The maximum Gasteiger partial charge on any atom is 0.0276 e. The number of aliphatic imine (C=N–C) groups is 1. The summed E-state index contributed by atoms with van der Waals surface area (Å²) in [6, 6.07) is 8.76. The Kier molecular flexibility index (Phi) is 4.74. The molecule has 0 unspecified atom stereocenters. The van der Waals surface area contributed by atoms with E-state index in [1.807, 2.05) is 7.05 Å². The summed E-state index contributed by atoms with van der Waals surface area (Å²) >= 11 is 1.78. The van der Waals surface area contributed by atoms with Crippen LogP contribution in [0, 0.1) is 0 Å². The van der Waals surface area contributed by atoms with Crippen molar-refractivity contribution in [3.8, 4) is 0 Å². The molecule has 0 heterocycles. The molecule has 1 rings (SSSR count). The topological polar surface area (TPSA) is 12.4 Å². The normalized spacial score (nSPS) is 11.8. The van der Waals surface area contributed by atoms with E-state index in [9.17, 15) is 0 Å². The second-order valence-corrected chi connectivity index (χ2v) is 4.19. The van der Waals surface area contributed by atoms with E-state index < -0.39 is 0 Å². The van der Waals surface area contributed by atoms with Crippen LogP contribution in [0.15, 0.2) is 34.2 Å². The van der Waals surface area contributed by atoms with Crippen molar-refractivity contribution in [3.63, 3.8) is 0 Å². The molecule has 2 heteroatoms. The molecule has 0 bridgehead atoms. The summed E-state index contributed by atoms with van der Waals surface area (Å²) in [6.45, 7) is 2.08. The van der Waals surface area contributed by atoms with Crippen LogP contribution in [0.25, 0.3) is 0 Å². The van der Waals surface area contributed by atoms with Crippen LogP contribution >= 0.6 is 11.8 Å². The number of benzene rings is 1. The highest BCUT2D eigenvalue weighted by molar-refractivity contribution is 7.98. The molecule has 0 N–H and O–H groups in total. The van der Waals surface area contributed by atoms with Gasteiger partial charge in [-0.05, 0) is 43.7 Å². The Balaban J connectivity index is 2.52. The Bertz CT molecular complexity index is 301. The van der Waals surface area contributed by atoms with E-state index in [-0.39, 0.29) is 0 Å². The predicted octanol–water partition coefficient (Wildman–Crippen LogP) is 3.43. The summed E-state index contributed by atoms with van der Waals surface area (Å²) in [6.07, 6.45) is 4.26. The molecule has 0 aliphatic carbocycles. The van der Waals surface area contributed by atoms with E-state index in [0.717, 1.165) is 12.8 Å². The minimum Gasteiger partial charge on any atom is -0.298 e. The van der Waals surface area contributed by atoms with Crippen molar-refractivity contribution in [1.29, 1.82) is 0 Å². The zero-order valence-corrected chi connectivity index (χ0v) is 9.90. The van der Waals surface area contributed by atoms with Gasteiger partial charge in [-0.25, -0.2) is 0 Å². The number of rotatable bonds is 4. The molecule has 1 aromatic rings. The molecular weight excluding hydrogens is 190 g/mol. The molecular formula is C12H17NS. The summed E-state index contributed by atoms with van der Waals surface area (Å²) in [5.41, 5.74) is 2.62. The van der Waals surface area contributed by atoms with Gasteiger partial charge in [0.15, 0.2) is 0 Å². The molecule has 1 nitrogen and oxygen atoms in total. The molecule has 0 radical (unpaired) electrons. The number of thioether (sulfide) groups is 1. The molecule has 0 spiro atoms. The lowest BCUT2D eigenvalue weighted by Gasteiger charge is -2.02. The largest absolute Gasteiger partial charge is 0.298 e. The first kappa shape index (κ1) is 11.3. The summed E-state index contributed by atoms with van der Waals surface area (Å²) < 4.78 is 0. The molecule has 0 amide bonds. The summed E-state index contributed by atoms with van der Waals surface area (Å²) in [7, 11) is 1.85. The molecule has 1 aromatic carbocycles. The summed E-state index contributed by atoms with van der Waals surface area (Å²) in [5, 5.41) is 0. The zero-order valence-electron chi connectivity index (χ0n) is 9.08. The average molecular weight is 207 g/mol. The second-order valence-electron chi connectivity index (χ2n) is 3.31. The first-order valence-electron chi connectivity index (χ1n) is 4.81. The third-order valence-corrected chi connectivity index (χ3v) is 3.06. The quantitative estimate of drug-likeness (QED) is 0.544. The molecule has 14 heavy (non-hydrogen) atoms. The summed E-state index contributed by atoms with van der Waals surface area (Å²) in [4.78, 5) is 5.48. The van der Waals surface area contributed by atoms with Gasteiger partial charge in [0.1, 0.15) is 0 Å². The minimum absolute atomic E-state index is 1.06. The van der Waals surface area contributed by atoms with Gasteiger partial charge in [-0.15, -0.1) is 11.8 Å². The Hall–Kier alpha value is -0.760. The van der Waals surface area contributed by atoms with Crippen LogP contribution in [-0.2, 0) is 6.42 Å². The number of hydrogen-bond acceptors (Lipinski definition) is 2. The predicted molar refractivity (Wildman–Crippen MR) is 65.6 cm³/mol. The fraction of sp³-hybridized carbons (Fsp3) is 0.417. The second kappa shape index (κ2) is 5.86. The Morgan fingerprint density at radius 1 is 1.29 bits per heavy atom. The fourth-order valence-corrected chi connectivity index (χ4v) is 1.64. The molecule has 0 fully saturated rings. The van der Waals surface area contributed by atoms with Crippen LogP contribution < -0.4 is 0 Å². The van der Waals surface area contributed by atoms with Crippen LogP contribution in [0.5, 0.6) is 0 Å². The van der Waals surface area contributed by atoms with Gasteiger partial charge >= 0.3 is 0 Å². The van der Waals surface area contributed by atoms with Crippen molar-refractivity contribution in [1.82, 2.24) is 0 Å². The lowest BCUT2D eigenvalue weighted by molar-refractivity contribution is 1.02. The van der Waals surface area contributed by atoms with Gasteiger partial charge in [0.2, 0.25) is 0 Å². The van der Waals surface area contributed by atoms with Crippen molar-refractivity contribution in [2.45, 2.75) is 24.7 Å². The van der Waals surface area contributed by atoms with Crippen LogP contribution in [0.1, 0.15) is 18.9 Å². The summed E-state index contributed by atoms with van der Waals surface area (Å²) in [5.74, 6) is 0. The van der Waals surface area contributed by atoms with Gasteiger partial charge in [0.25, 0.3) is 0 Å². The average Bonchev–Trinajstić information content (AvgIpc) is 2.26. The van der Waals surface area contributed by atoms with Gasteiger partial charge in [0.05, 0.1) is 0 Å². The van der Waals surface area contributed by atoms with Gasteiger partial charge in [-0.2, -0.15) is 0 Å². The fourth-order valence-electron chi connectivity index (χ4n) is 1.23. The van der Waals surface area contributed by atoms with E-state index in [0.29, 0.717) is 0 Å². The molecule has 0 aromatic heterocycles. The van der Waals surface area contributed by atoms with Gasteiger partial charge in [-0.3, -0.25) is 4.99 Å². The third-order valence-electron chi connectivity index (χ3n) is 2.32. The molecule has 76 valence electrons. The zero-order chi connectivity index (χ0) is 10.4. The van der Waals surface area contributed by atoms with E-state index in [4.69, 9.17) is 0 Å². The highest BCUT2D eigenvalue weighted by Crippen LogP contribution is 2.15. The Morgan fingerprint density at radius 2 is 1.93 bits per heavy atom. The van der Waals surface area contributed by atoms with E-state index in [2.05, 4.69) is 42.4 Å². The lowest BCUT2D eigenvalue weighted by Crippen LogP contribution is -1.94. The van der Waals surface area contributed by atoms with Crippen LogP contribution in [0.3, 0.4) is 0 Å². The molecule has 0 aliphatic rings. The maximum atomic E-state index is 4.15. The molecule has 0 saturated heterocycles. The van der Waals surface area contributed by atoms with Gasteiger partial charge in [-0.1, -0.05) is 12.1 Å². The van der Waals surface area contributed by atoms with Gasteiger partial charge < -0.3 is 0 Å². The third kappa shape index (κ3) is 3.54. The van der Waals surface area contributed by atoms with Crippen molar-refractivity contribution < 1.29 is 0 Å². The van der Waals surface area contributed by atoms with E-state index in [1.54, 1.807) is 11.8 Å².